The molecule has 2 aliphatic rings. The Morgan fingerprint density at radius 3 is 2.86 bits per heavy atom. The predicted molar refractivity (Wildman–Crippen MR) is 90.2 cm³/mol. The number of halogens is 1. The SMILES string of the molecule is CN1CCCC(N(C)c2c(Cl)cccc2CNC2CC2)C1. The highest BCUT2D eigenvalue weighted by atomic mass is 35.5. The van der Waals surface area contributed by atoms with E-state index in [1.807, 2.05) is 6.07 Å². The van der Waals surface area contributed by atoms with Crippen LogP contribution in [0.1, 0.15) is 31.2 Å². The fourth-order valence-electron chi connectivity index (χ4n) is 3.28. The van der Waals surface area contributed by atoms with E-state index in [1.165, 1.54) is 43.5 Å². The zero-order valence-corrected chi connectivity index (χ0v) is 13.9. The van der Waals surface area contributed by atoms with Crippen LogP contribution in [0.15, 0.2) is 18.2 Å². The zero-order valence-electron chi connectivity index (χ0n) is 13.1. The van der Waals surface area contributed by atoms with Crippen LogP contribution in [-0.2, 0) is 6.54 Å². The summed E-state index contributed by atoms with van der Waals surface area (Å²) in [5.41, 5.74) is 2.54. The summed E-state index contributed by atoms with van der Waals surface area (Å²) in [6.07, 6.45) is 5.16. The van der Waals surface area contributed by atoms with Crippen LogP contribution < -0.4 is 10.2 Å². The molecule has 1 saturated heterocycles. The highest BCUT2D eigenvalue weighted by Crippen LogP contribution is 2.32. The predicted octanol–water partition coefficient (Wildman–Crippen LogP) is 3.12. The first kappa shape index (κ1) is 15.1. The molecule has 1 aromatic rings. The molecule has 1 heterocycles. The van der Waals surface area contributed by atoms with Gasteiger partial charge in [-0.25, -0.2) is 0 Å². The van der Waals surface area contributed by atoms with Gasteiger partial charge < -0.3 is 15.1 Å². The Hall–Kier alpha value is -0.770. The van der Waals surface area contributed by atoms with Crippen molar-refractivity contribution in [1.82, 2.24) is 10.2 Å². The summed E-state index contributed by atoms with van der Waals surface area (Å²) >= 11 is 6.53. The number of para-hydroxylation sites is 1. The quantitative estimate of drug-likeness (QED) is 0.901. The Bertz CT molecular complexity index is 487. The van der Waals surface area contributed by atoms with Crippen molar-refractivity contribution in [3.63, 3.8) is 0 Å². The molecular weight excluding hydrogens is 282 g/mol. The van der Waals surface area contributed by atoms with Crippen LogP contribution in [-0.4, -0.2) is 44.2 Å². The number of likely N-dealkylation sites (N-methyl/N-ethyl adjacent to an activating group) is 2. The topological polar surface area (TPSA) is 18.5 Å². The second-order valence-corrected chi connectivity index (χ2v) is 6.98. The lowest BCUT2D eigenvalue weighted by atomic mass is 10.0. The van der Waals surface area contributed by atoms with E-state index in [4.69, 9.17) is 11.6 Å². The molecule has 0 amide bonds. The van der Waals surface area contributed by atoms with Crippen molar-refractivity contribution in [2.24, 2.45) is 0 Å². The van der Waals surface area contributed by atoms with Gasteiger partial charge in [0.15, 0.2) is 0 Å². The van der Waals surface area contributed by atoms with Crippen LogP contribution >= 0.6 is 11.6 Å². The Balaban J connectivity index is 1.77. The molecule has 0 bridgehead atoms. The van der Waals surface area contributed by atoms with Gasteiger partial charge in [-0.05, 0) is 50.9 Å². The highest BCUT2D eigenvalue weighted by molar-refractivity contribution is 6.33. The van der Waals surface area contributed by atoms with Gasteiger partial charge in [-0.2, -0.15) is 0 Å². The van der Waals surface area contributed by atoms with Crippen molar-refractivity contribution in [1.29, 1.82) is 0 Å². The molecule has 3 rings (SSSR count). The minimum absolute atomic E-state index is 0.559. The van der Waals surface area contributed by atoms with Crippen molar-refractivity contribution in [2.75, 3.05) is 32.1 Å². The average molecular weight is 308 g/mol. The van der Waals surface area contributed by atoms with E-state index < -0.39 is 0 Å². The number of nitrogens with one attached hydrogen (secondary N) is 1. The second kappa shape index (κ2) is 6.55. The lowest BCUT2D eigenvalue weighted by Crippen LogP contribution is -2.45. The molecule has 1 N–H and O–H groups in total. The van der Waals surface area contributed by atoms with Gasteiger partial charge in [0.1, 0.15) is 0 Å². The third kappa shape index (κ3) is 3.71. The summed E-state index contributed by atoms with van der Waals surface area (Å²) in [4.78, 5) is 4.82. The van der Waals surface area contributed by atoms with Crippen LogP contribution in [0.25, 0.3) is 0 Å². The molecule has 2 fully saturated rings. The molecule has 1 aliphatic heterocycles. The van der Waals surface area contributed by atoms with E-state index >= 15 is 0 Å². The van der Waals surface area contributed by atoms with E-state index in [9.17, 15) is 0 Å². The Labute approximate surface area is 133 Å². The molecule has 0 spiro atoms. The molecule has 3 nitrogen and oxygen atoms in total. The molecule has 1 unspecified atom stereocenters. The average Bonchev–Trinajstić information content (AvgIpc) is 3.29. The molecule has 1 atom stereocenters. The maximum Gasteiger partial charge on any atom is 0.0642 e. The number of piperidine rings is 1. The van der Waals surface area contributed by atoms with Gasteiger partial charge in [-0.15, -0.1) is 0 Å². The summed E-state index contributed by atoms with van der Waals surface area (Å²) in [5.74, 6) is 0. The van der Waals surface area contributed by atoms with Crippen LogP contribution in [0.2, 0.25) is 5.02 Å². The normalized spacial score (nSPS) is 23.3. The summed E-state index contributed by atoms with van der Waals surface area (Å²) in [5, 5.41) is 4.49. The Morgan fingerprint density at radius 1 is 1.33 bits per heavy atom. The van der Waals surface area contributed by atoms with Gasteiger partial charge in [-0.3, -0.25) is 0 Å². The largest absolute Gasteiger partial charge is 0.369 e. The van der Waals surface area contributed by atoms with Crippen molar-refractivity contribution < 1.29 is 0 Å². The van der Waals surface area contributed by atoms with Crippen LogP contribution in [0.5, 0.6) is 0 Å². The first-order valence-corrected chi connectivity index (χ1v) is 8.45. The van der Waals surface area contributed by atoms with E-state index in [-0.39, 0.29) is 0 Å². The van der Waals surface area contributed by atoms with Crippen molar-refractivity contribution >= 4 is 17.3 Å². The number of hydrogen-bond acceptors (Lipinski definition) is 3. The van der Waals surface area contributed by atoms with E-state index in [0.717, 1.165) is 24.2 Å². The number of benzene rings is 1. The standard InChI is InChI=1S/C17H26ClN3/c1-20-10-4-6-15(12-20)21(2)17-13(5-3-7-16(17)18)11-19-14-8-9-14/h3,5,7,14-15,19H,4,6,8-12H2,1-2H3. The minimum Gasteiger partial charge on any atom is -0.369 e. The van der Waals surface area contributed by atoms with E-state index in [2.05, 4.69) is 41.3 Å². The number of hydrogen-bond donors (Lipinski definition) is 1. The van der Waals surface area contributed by atoms with Gasteiger partial charge in [0.25, 0.3) is 0 Å². The molecule has 1 saturated carbocycles. The Morgan fingerprint density at radius 2 is 2.14 bits per heavy atom. The molecule has 4 heteroatoms. The maximum absolute atomic E-state index is 6.53. The lowest BCUT2D eigenvalue weighted by molar-refractivity contribution is 0.248. The molecule has 0 aromatic heterocycles. The fraction of sp³-hybridized carbons (Fsp3) is 0.647. The van der Waals surface area contributed by atoms with Crippen LogP contribution in [0.3, 0.4) is 0 Å². The van der Waals surface area contributed by atoms with Gasteiger partial charge in [0, 0.05) is 32.2 Å². The summed E-state index contributed by atoms with van der Waals surface area (Å²) < 4.78 is 0. The monoisotopic (exact) mass is 307 g/mol. The first-order valence-electron chi connectivity index (χ1n) is 8.07. The van der Waals surface area contributed by atoms with Gasteiger partial charge in [-0.1, -0.05) is 23.7 Å². The molecule has 0 radical (unpaired) electrons. The number of nitrogens with zero attached hydrogens (tertiary/aromatic N) is 2. The van der Waals surface area contributed by atoms with E-state index in [1.54, 1.807) is 0 Å². The third-order valence-electron chi connectivity index (χ3n) is 4.73. The van der Waals surface area contributed by atoms with Crippen molar-refractivity contribution in [2.45, 2.75) is 44.3 Å². The molecule has 116 valence electrons. The summed E-state index contributed by atoms with van der Waals surface area (Å²) in [7, 11) is 4.41. The minimum atomic E-state index is 0.559. The first-order chi connectivity index (χ1) is 10.1. The number of rotatable bonds is 5. The third-order valence-corrected chi connectivity index (χ3v) is 5.03. The highest BCUT2D eigenvalue weighted by Gasteiger charge is 2.25. The molecule has 1 aromatic carbocycles. The van der Waals surface area contributed by atoms with Crippen molar-refractivity contribution in [3.05, 3.63) is 28.8 Å². The van der Waals surface area contributed by atoms with Crippen molar-refractivity contribution in [3.8, 4) is 0 Å². The van der Waals surface area contributed by atoms with Gasteiger partial charge in [0.2, 0.25) is 0 Å². The smallest absolute Gasteiger partial charge is 0.0642 e. The molecule has 21 heavy (non-hydrogen) atoms. The molecule has 1 aliphatic carbocycles. The Kier molecular flexibility index (Phi) is 4.72. The van der Waals surface area contributed by atoms with Crippen LogP contribution in [0, 0.1) is 0 Å². The summed E-state index contributed by atoms with van der Waals surface area (Å²) in [6, 6.07) is 7.57. The second-order valence-electron chi connectivity index (χ2n) is 6.57. The fourth-order valence-corrected chi connectivity index (χ4v) is 3.60. The van der Waals surface area contributed by atoms with Gasteiger partial charge >= 0.3 is 0 Å². The lowest BCUT2D eigenvalue weighted by Gasteiger charge is -2.38. The van der Waals surface area contributed by atoms with E-state index in [0.29, 0.717) is 6.04 Å². The van der Waals surface area contributed by atoms with Gasteiger partial charge in [0.05, 0.1) is 10.7 Å². The summed E-state index contributed by atoms with van der Waals surface area (Å²) in [6.45, 7) is 3.26. The zero-order chi connectivity index (χ0) is 14.8. The molecular formula is C17H26ClN3. The number of anilines is 1. The maximum atomic E-state index is 6.53. The number of likely N-dealkylation sites (tertiary alicyclic amines) is 1. The van der Waals surface area contributed by atoms with Crippen LogP contribution in [0.4, 0.5) is 5.69 Å².